The van der Waals surface area contributed by atoms with Crippen LogP contribution in [0.1, 0.15) is 18.3 Å². The molecule has 0 unspecified atom stereocenters. The van der Waals surface area contributed by atoms with Crippen LogP contribution >= 0.6 is 0 Å². The highest BCUT2D eigenvalue weighted by Gasteiger charge is 2.00. The molecule has 0 aliphatic rings. The number of aromatic nitrogens is 3. The summed E-state index contributed by atoms with van der Waals surface area (Å²) in [4.78, 5) is 4.24. The van der Waals surface area contributed by atoms with Gasteiger partial charge in [-0.3, -0.25) is 0 Å². The van der Waals surface area contributed by atoms with Gasteiger partial charge in [0.15, 0.2) is 5.82 Å². The molecule has 0 aliphatic carbocycles. The molecule has 0 radical (unpaired) electrons. The lowest BCUT2D eigenvalue weighted by Gasteiger charge is -2.00. The van der Waals surface area contributed by atoms with E-state index in [1.807, 2.05) is 22.9 Å². The molecular formula is C12H16N4. The van der Waals surface area contributed by atoms with Gasteiger partial charge in [-0.15, -0.1) is 0 Å². The van der Waals surface area contributed by atoms with Crippen LogP contribution in [-0.2, 0) is 13.1 Å². The normalized spacial score (nSPS) is 10.6. The summed E-state index contributed by atoms with van der Waals surface area (Å²) in [6.45, 7) is 4.52. The van der Waals surface area contributed by atoms with E-state index in [2.05, 4.69) is 34.5 Å². The van der Waals surface area contributed by atoms with Gasteiger partial charge in [0.2, 0.25) is 0 Å². The maximum Gasteiger partial charge on any atom is 0.164 e. The highest BCUT2D eigenvalue weighted by molar-refractivity contribution is 5.14. The summed E-state index contributed by atoms with van der Waals surface area (Å²) in [7, 11) is 0. The Kier molecular flexibility index (Phi) is 3.66. The second-order valence-electron chi connectivity index (χ2n) is 3.62. The monoisotopic (exact) mass is 216 g/mol. The summed E-state index contributed by atoms with van der Waals surface area (Å²) in [5.41, 5.74) is 1.24. The standard InChI is InChI=1S/C12H16N4/c1-2-13-8-12-14-10-16(15-12)9-11-6-4-3-5-7-11/h3-7,10,13H,2,8-9H2,1H3. The topological polar surface area (TPSA) is 42.7 Å². The number of nitrogens with zero attached hydrogens (tertiary/aromatic N) is 3. The highest BCUT2D eigenvalue weighted by atomic mass is 15.3. The van der Waals surface area contributed by atoms with Crippen molar-refractivity contribution < 1.29 is 0 Å². The van der Waals surface area contributed by atoms with E-state index in [-0.39, 0.29) is 0 Å². The number of hydrogen-bond donors (Lipinski definition) is 1. The Morgan fingerprint density at radius 3 is 2.81 bits per heavy atom. The second-order valence-corrected chi connectivity index (χ2v) is 3.62. The van der Waals surface area contributed by atoms with E-state index in [4.69, 9.17) is 0 Å². The van der Waals surface area contributed by atoms with Gasteiger partial charge in [-0.1, -0.05) is 37.3 Å². The number of benzene rings is 1. The molecule has 0 bridgehead atoms. The lowest BCUT2D eigenvalue weighted by atomic mass is 10.2. The Morgan fingerprint density at radius 1 is 1.25 bits per heavy atom. The molecule has 1 aromatic heterocycles. The van der Waals surface area contributed by atoms with Gasteiger partial charge in [0.1, 0.15) is 6.33 Å². The second kappa shape index (κ2) is 5.42. The fourth-order valence-electron chi connectivity index (χ4n) is 1.50. The molecule has 2 aromatic rings. The molecule has 0 atom stereocenters. The molecule has 84 valence electrons. The molecule has 0 saturated carbocycles. The van der Waals surface area contributed by atoms with Crippen molar-refractivity contribution in [3.05, 3.63) is 48.0 Å². The van der Waals surface area contributed by atoms with Crippen LogP contribution in [0.3, 0.4) is 0 Å². The van der Waals surface area contributed by atoms with Gasteiger partial charge in [-0.2, -0.15) is 5.10 Å². The first-order chi connectivity index (χ1) is 7.88. The highest BCUT2D eigenvalue weighted by Crippen LogP contribution is 2.01. The average molecular weight is 216 g/mol. The summed E-state index contributed by atoms with van der Waals surface area (Å²) in [6, 6.07) is 10.3. The molecule has 4 heteroatoms. The minimum Gasteiger partial charge on any atom is -0.310 e. The third kappa shape index (κ3) is 2.90. The minimum absolute atomic E-state index is 0.734. The van der Waals surface area contributed by atoms with Crippen molar-refractivity contribution in [2.24, 2.45) is 0 Å². The van der Waals surface area contributed by atoms with Crippen molar-refractivity contribution >= 4 is 0 Å². The van der Waals surface area contributed by atoms with Crippen LogP contribution in [0.2, 0.25) is 0 Å². The van der Waals surface area contributed by atoms with Crippen LogP contribution < -0.4 is 5.32 Å². The molecule has 1 aromatic carbocycles. The van der Waals surface area contributed by atoms with Gasteiger partial charge in [0, 0.05) is 0 Å². The van der Waals surface area contributed by atoms with Crippen LogP contribution in [0.15, 0.2) is 36.7 Å². The van der Waals surface area contributed by atoms with E-state index < -0.39 is 0 Å². The Balaban J connectivity index is 1.97. The fourth-order valence-corrected chi connectivity index (χ4v) is 1.50. The zero-order valence-corrected chi connectivity index (χ0v) is 9.43. The summed E-state index contributed by atoms with van der Waals surface area (Å²) in [5.74, 6) is 0.845. The van der Waals surface area contributed by atoms with Gasteiger partial charge in [0.25, 0.3) is 0 Å². The molecule has 0 fully saturated rings. The molecule has 0 saturated heterocycles. The third-order valence-corrected chi connectivity index (χ3v) is 2.30. The number of rotatable bonds is 5. The predicted octanol–water partition coefficient (Wildman–Crippen LogP) is 1.44. The maximum absolute atomic E-state index is 4.39. The predicted molar refractivity (Wildman–Crippen MR) is 62.9 cm³/mol. The zero-order valence-electron chi connectivity index (χ0n) is 9.43. The first-order valence-electron chi connectivity index (χ1n) is 5.51. The van der Waals surface area contributed by atoms with E-state index in [9.17, 15) is 0 Å². The summed E-state index contributed by atoms with van der Waals surface area (Å²) in [5, 5.41) is 7.59. The third-order valence-electron chi connectivity index (χ3n) is 2.30. The van der Waals surface area contributed by atoms with E-state index in [1.165, 1.54) is 5.56 Å². The summed E-state index contributed by atoms with van der Waals surface area (Å²) < 4.78 is 1.86. The van der Waals surface area contributed by atoms with Gasteiger partial charge >= 0.3 is 0 Å². The molecule has 0 spiro atoms. The van der Waals surface area contributed by atoms with Crippen molar-refractivity contribution in [2.75, 3.05) is 6.54 Å². The Morgan fingerprint density at radius 2 is 2.06 bits per heavy atom. The van der Waals surface area contributed by atoms with E-state index in [1.54, 1.807) is 6.33 Å². The maximum atomic E-state index is 4.39. The lowest BCUT2D eigenvalue weighted by molar-refractivity contribution is 0.643. The summed E-state index contributed by atoms with van der Waals surface area (Å²) in [6.07, 6.45) is 1.78. The number of hydrogen-bond acceptors (Lipinski definition) is 3. The van der Waals surface area contributed by atoms with Crippen LogP contribution in [-0.4, -0.2) is 21.3 Å². The van der Waals surface area contributed by atoms with Crippen molar-refractivity contribution in [3.63, 3.8) is 0 Å². The van der Waals surface area contributed by atoms with Crippen molar-refractivity contribution in [1.82, 2.24) is 20.1 Å². The van der Waals surface area contributed by atoms with Crippen molar-refractivity contribution in [1.29, 1.82) is 0 Å². The van der Waals surface area contributed by atoms with Crippen LogP contribution in [0.25, 0.3) is 0 Å². The van der Waals surface area contributed by atoms with Crippen molar-refractivity contribution in [2.45, 2.75) is 20.0 Å². The van der Waals surface area contributed by atoms with Crippen LogP contribution in [0, 0.1) is 0 Å². The SMILES string of the molecule is CCNCc1ncn(Cc2ccccc2)n1. The quantitative estimate of drug-likeness (QED) is 0.822. The molecule has 1 N–H and O–H groups in total. The van der Waals surface area contributed by atoms with E-state index in [0.29, 0.717) is 0 Å². The van der Waals surface area contributed by atoms with E-state index in [0.717, 1.165) is 25.5 Å². The summed E-state index contributed by atoms with van der Waals surface area (Å²) >= 11 is 0. The molecule has 4 nitrogen and oxygen atoms in total. The molecule has 0 aliphatic heterocycles. The molecule has 1 heterocycles. The molecule has 0 amide bonds. The Labute approximate surface area is 95.3 Å². The van der Waals surface area contributed by atoms with Gasteiger partial charge in [0.05, 0.1) is 13.1 Å². The first-order valence-corrected chi connectivity index (χ1v) is 5.51. The smallest absolute Gasteiger partial charge is 0.164 e. The van der Waals surface area contributed by atoms with Gasteiger partial charge < -0.3 is 5.32 Å². The van der Waals surface area contributed by atoms with E-state index >= 15 is 0 Å². The van der Waals surface area contributed by atoms with Gasteiger partial charge in [-0.25, -0.2) is 9.67 Å². The Hall–Kier alpha value is -1.68. The largest absolute Gasteiger partial charge is 0.310 e. The Bertz CT molecular complexity index is 422. The van der Waals surface area contributed by atoms with Crippen LogP contribution in [0.4, 0.5) is 0 Å². The fraction of sp³-hybridized carbons (Fsp3) is 0.333. The van der Waals surface area contributed by atoms with Crippen LogP contribution in [0.5, 0.6) is 0 Å². The first kappa shape index (κ1) is 10.8. The van der Waals surface area contributed by atoms with Gasteiger partial charge in [-0.05, 0) is 12.1 Å². The zero-order chi connectivity index (χ0) is 11.2. The van der Waals surface area contributed by atoms with Crippen molar-refractivity contribution in [3.8, 4) is 0 Å². The number of nitrogens with one attached hydrogen (secondary N) is 1. The minimum atomic E-state index is 0.734. The lowest BCUT2D eigenvalue weighted by Crippen LogP contribution is -2.13. The average Bonchev–Trinajstić information content (AvgIpc) is 2.75. The molecule has 2 rings (SSSR count). The molecule has 16 heavy (non-hydrogen) atoms. The molecular weight excluding hydrogens is 200 g/mol.